The summed E-state index contributed by atoms with van der Waals surface area (Å²) in [6, 6.07) is 100. The van der Waals surface area contributed by atoms with Crippen LogP contribution in [0.2, 0.25) is 0 Å². The first-order valence-electron chi connectivity index (χ1n) is 24.2. The van der Waals surface area contributed by atoms with E-state index in [-0.39, 0.29) is 0 Å². The molecule has 0 radical (unpaired) electrons. The molecular weight excluding hydrogens is 847 g/mol. The van der Waals surface area contributed by atoms with Crippen LogP contribution in [-0.2, 0) is 5.41 Å². The van der Waals surface area contributed by atoms with Crippen LogP contribution in [0.3, 0.4) is 0 Å². The lowest BCUT2D eigenvalue weighted by Gasteiger charge is -2.40. The number of fused-ring (bicyclic) bond motifs is 12. The van der Waals surface area contributed by atoms with E-state index in [1.54, 1.807) is 0 Å². The molecule has 0 amide bonds. The number of para-hydroxylation sites is 5. The zero-order chi connectivity index (χ0) is 46.2. The van der Waals surface area contributed by atoms with Crippen molar-refractivity contribution in [3.8, 4) is 39.1 Å². The molecule has 0 saturated carbocycles. The first-order valence-corrected chi connectivity index (χ1v) is 24.2. The standard InChI is InChI=1S/C67H45N3/c1-5-20-46(21-6-1)48-24-17-30-52(42-48)68(50-26-9-3-10-27-50)54-39-41-60-59(44-54)56-40-38-55(69(51-28-11-4-12-29-51)53-31-18-25-49(43-53)47-22-7-2-8-23-47)45-63(56)67(60)61-34-14-16-37-65(61)70-64-36-15-13-32-57(64)58-33-19-35-62(67)66(58)70/h1-45H. The lowest BCUT2D eigenvalue weighted by atomic mass is 9.65. The highest BCUT2D eigenvalue weighted by Crippen LogP contribution is 2.62. The molecule has 1 spiro atoms. The number of rotatable bonds is 8. The van der Waals surface area contributed by atoms with Crippen LogP contribution in [0.5, 0.6) is 0 Å². The lowest BCUT2D eigenvalue weighted by Crippen LogP contribution is -2.33. The second kappa shape index (κ2) is 16.0. The average molecular weight is 892 g/mol. The van der Waals surface area contributed by atoms with Crippen molar-refractivity contribution in [3.63, 3.8) is 0 Å². The van der Waals surface area contributed by atoms with Crippen molar-refractivity contribution in [3.05, 3.63) is 295 Å². The van der Waals surface area contributed by atoms with Gasteiger partial charge in [0.25, 0.3) is 0 Å². The predicted octanol–water partition coefficient (Wildman–Crippen LogP) is 17.7. The molecule has 328 valence electrons. The molecule has 1 atom stereocenters. The highest BCUT2D eigenvalue weighted by atomic mass is 15.1. The molecule has 2 aliphatic rings. The Morgan fingerprint density at radius 2 is 0.743 bits per heavy atom. The van der Waals surface area contributed by atoms with Crippen molar-refractivity contribution in [2.24, 2.45) is 0 Å². The Morgan fingerprint density at radius 3 is 1.40 bits per heavy atom. The minimum atomic E-state index is -0.654. The van der Waals surface area contributed by atoms with Crippen LogP contribution in [0.15, 0.2) is 273 Å². The van der Waals surface area contributed by atoms with Gasteiger partial charge < -0.3 is 14.4 Å². The second-order valence-corrected chi connectivity index (χ2v) is 18.5. The van der Waals surface area contributed by atoms with Crippen LogP contribution in [0.4, 0.5) is 34.1 Å². The van der Waals surface area contributed by atoms with Gasteiger partial charge in [-0.1, -0.05) is 188 Å². The van der Waals surface area contributed by atoms with E-state index in [4.69, 9.17) is 0 Å². The zero-order valence-corrected chi connectivity index (χ0v) is 38.3. The quantitative estimate of drug-likeness (QED) is 0.151. The molecule has 0 fully saturated rings. The fourth-order valence-electron chi connectivity index (χ4n) is 11.8. The van der Waals surface area contributed by atoms with Gasteiger partial charge in [-0.3, -0.25) is 0 Å². The largest absolute Gasteiger partial charge is 0.310 e. The summed E-state index contributed by atoms with van der Waals surface area (Å²) in [5.41, 5.74) is 21.9. The third kappa shape index (κ3) is 6.01. The molecule has 3 heteroatoms. The molecule has 0 saturated heterocycles. The molecular formula is C67H45N3. The van der Waals surface area contributed by atoms with Gasteiger partial charge in [0.15, 0.2) is 0 Å². The van der Waals surface area contributed by atoms with Crippen molar-refractivity contribution in [1.82, 2.24) is 4.57 Å². The Labute approximate surface area is 408 Å². The molecule has 0 bridgehead atoms. The number of hydrogen-bond acceptors (Lipinski definition) is 2. The summed E-state index contributed by atoms with van der Waals surface area (Å²) in [6.07, 6.45) is 0. The first-order chi connectivity index (χ1) is 34.7. The van der Waals surface area contributed by atoms with E-state index in [1.807, 2.05) is 0 Å². The summed E-state index contributed by atoms with van der Waals surface area (Å²) in [5, 5.41) is 2.53. The minimum Gasteiger partial charge on any atom is -0.310 e. The molecule has 3 nitrogen and oxygen atoms in total. The minimum absolute atomic E-state index is 0.654. The molecule has 1 aliphatic carbocycles. The Morgan fingerprint density at radius 1 is 0.271 bits per heavy atom. The van der Waals surface area contributed by atoms with Gasteiger partial charge in [-0.2, -0.15) is 0 Å². The Hall–Kier alpha value is -9.18. The van der Waals surface area contributed by atoms with E-state index in [1.165, 1.54) is 83.1 Å². The molecule has 1 aromatic heterocycles. The van der Waals surface area contributed by atoms with Gasteiger partial charge in [-0.15, -0.1) is 0 Å². The van der Waals surface area contributed by atoms with Gasteiger partial charge in [0.05, 0.1) is 22.1 Å². The third-order valence-electron chi connectivity index (χ3n) is 14.7. The smallest absolute Gasteiger partial charge is 0.0755 e. The highest BCUT2D eigenvalue weighted by Gasteiger charge is 2.51. The topological polar surface area (TPSA) is 11.4 Å². The molecule has 11 aromatic carbocycles. The maximum Gasteiger partial charge on any atom is 0.0755 e. The fourth-order valence-corrected chi connectivity index (χ4v) is 11.8. The summed E-state index contributed by atoms with van der Waals surface area (Å²) in [7, 11) is 0. The maximum atomic E-state index is 2.53. The average Bonchev–Trinajstić information content (AvgIpc) is 3.92. The fraction of sp³-hybridized carbons (Fsp3) is 0.0149. The monoisotopic (exact) mass is 891 g/mol. The van der Waals surface area contributed by atoms with Crippen LogP contribution in [0, 0.1) is 0 Å². The third-order valence-corrected chi connectivity index (χ3v) is 14.7. The molecule has 1 unspecified atom stereocenters. The molecule has 14 rings (SSSR count). The molecule has 12 aromatic rings. The molecule has 1 aliphatic heterocycles. The lowest BCUT2D eigenvalue weighted by molar-refractivity contribution is 0.748. The van der Waals surface area contributed by atoms with E-state index < -0.39 is 5.41 Å². The van der Waals surface area contributed by atoms with Gasteiger partial charge >= 0.3 is 0 Å². The Kier molecular flexibility index (Phi) is 9.11. The van der Waals surface area contributed by atoms with Crippen LogP contribution < -0.4 is 9.80 Å². The predicted molar refractivity (Wildman–Crippen MR) is 292 cm³/mol. The van der Waals surface area contributed by atoms with Crippen molar-refractivity contribution in [1.29, 1.82) is 0 Å². The normalized spacial score (nSPS) is 14.1. The van der Waals surface area contributed by atoms with Crippen LogP contribution in [0.25, 0.3) is 60.9 Å². The first kappa shape index (κ1) is 39.9. The van der Waals surface area contributed by atoms with E-state index in [2.05, 4.69) is 287 Å². The number of hydrogen-bond donors (Lipinski definition) is 0. The number of nitrogens with zero attached hydrogens (tertiary/aromatic N) is 3. The van der Waals surface area contributed by atoms with E-state index >= 15 is 0 Å². The molecule has 0 N–H and O–H groups in total. The maximum absolute atomic E-state index is 2.53. The van der Waals surface area contributed by atoms with E-state index in [0.717, 1.165) is 34.1 Å². The van der Waals surface area contributed by atoms with Crippen LogP contribution in [0.1, 0.15) is 22.3 Å². The molecule has 2 heterocycles. The van der Waals surface area contributed by atoms with Gasteiger partial charge in [0, 0.05) is 44.9 Å². The Balaban J connectivity index is 1.05. The van der Waals surface area contributed by atoms with Crippen molar-refractivity contribution < 1.29 is 0 Å². The van der Waals surface area contributed by atoms with Gasteiger partial charge in [0.2, 0.25) is 0 Å². The van der Waals surface area contributed by atoms with E-state index in [9.17, 15) is 0 Å². The molecule has 70 heavy (non-hydrogen) atoms. The van der Waals surface area contributed by atoms with Gasteiger partial charge in [0.1, 0.15) is 0 Å². The van der Waals surface area contributed by atoms with Crippen molar-refractivity contribution >= 4 is 55.9 Å². The van der Waals surface area contributed by atoms with E-state index in [0.29, 0.717) is 0 Å². The number of anilines is 6. The number of benzene rings is 11. The summed E-state index contributed by atoms with van der Waals surface area (Å²) in [4.78, 5) is 4.84. The summed E-state index contributed by atoms with van der Waals surface area (Å²) >= 11 is 0. The van der Waals surface area contributed by atoms with Gasteiger partial charge in [-0.05, 0) is 141 Å². The highest BCUT2D eigenvalue weighted by molar-refractivity contribution is 6.13. The zero-order valence-electron chi connectivity index (χ0n) is 38.3. The number of aromatic nitrogens is 1. The summed E-state index contributed by atoms with van der Waals surface area (Å²) in [6.45, 7) is 0. The van der Waals surface area contributed by atoms with Crippen LogP contribution >= 0.6 is 0 Å². The van der Waals surface area contributed by atoms with Gasteiger partial charge in [-0.25, -0.2) is 0 Å². The summed E-state index contributed by atoms with van der Waals surface area (Å²) < 4.78 is 2.53. The SMILES string of the molecule is c1ccc(-c2cccc(N(c3ccccc3)c3ccc4c(c3)-c3ccc(N(c5ccccc5)c5cccc(-c6ccccc6)c5)cc3C43c4ccccc4-n4c5ccccc5c5cccc3c54)c2)cc1. The van der Waals surface area contributed by atoms with Crippen LogP contribution in [-0.4, -0.2) is 4.57 Å². The Bertz CT molecular complexity index is 3950. The van der Waals surface area contributed by atoms with Crippen molar-refractivity contribution in [2.45, 2.75) is 5.41 Å². The second-order valence-electron chi connectivity index (χ2n) is 18.5. The summed E-state index contributed by atoms with van der Waals surface area (Å²) in [5.74, 6) is 0. The van der Waals surface area contributed by atoms with Crippen molar-refractivity contribution in [2.75, 3.05) is 9.80 Å².